The Balaban J connectivity index is 1.97. The number of hydrogen-bond acceptors (Lipinski definition) is 3. The van der Waals surface area contributed by atoms with Gasteiger partial charge in [0.05, 0.1) is 12.1 Å². The van der Waals surface area contributed by atoms with Gasteiger partial charge in [-0.15, -0.1) is 0 Å². The smallest absolute Gasteiger partial charge is 0.401 e. The van der Waals surface area contributed by atoms with Crippen LogP contribution in [0.4, 0.5) is 17.6 Å². The average Bonchev–Trinajstić information content (AvgIpc) is 2.37. The molecule has 1 aromatic rings. The molecular formula is C13H14F4N2O2. The minimum Gasteiger partial charge on any atom is -0.507 e. The first-order valence-electron chi connectivity index (χ1n) is 6.33. The number of aromatic hydroxyl groups is 1. The first kappa shape index (κ1) is 15.6. The summed E-state index contributed by atoms with van der Waals surface area (Å²) in [4.78, 5) is 14.7. The van der Waals surface area contributed by atoms with Gasteiger partial charge in [-0.05, 0) is 12.1 Å². The van der Waals surface area contributed by atoms with E-state index in [1.807, 2.05) is 0 Å². The van der Waals surface area contributed by atoms with Crippen LogP contribution in [0.25, 0.3) is 0 Å². The van der Waals surface area contributed by atoms with Gasteiger partial charge in [0.25, 0.3) is 5.91 Å². The summed E-state index contributed by atoms with van der Waals surface area (Å²) in [6.07, 6.45) is -4.26. The van der Waals surface area contributed by atoms with Crippen molar-refractivity contribution in [2.24, 2.45) is 0 Å². The van der Waals surface area contributed by atoms with E-state index >= 15 is 0 Å². The number of phenolic OH excluding ortho intramolecular Hbond substituents is 1. The fourth-order valence-electron chi connectivity index (χ4n) is 2.22. The number of carbonyl (C=O) groups excluding carboxylic acids is 1. The molecule has 1 saturated heterocycles. The zero-order chi connectivity index (χ0) is 15.6. The van der Waals surface area contributed by atoms with Gasteiger partial charge in [-0.2, -0.15) is 13.2 Å². The van der Waals surface area contributed by atoms with Crippen LogP contribution >= 0.6 is 0 Å². The molecule has 1 N–H and O–H groups in total. The summed E-state index contributed by atoms with van der Waals surface area (Å²) in [6, 6.07) is 3.04. The fraction of sp³-hybridized carbons (Fsp3) is 0.462. The maximum Gasteiger partial charge on any atom is 0.401 e. The van der Waals surface area contributed by atoms with Crippen LogP contribution in [-0.2, 0) is 0 Å². The first-order valence-corrected chi connectivity index (χ1v) is 6.33. The molecule has 0 aliphatic carbocycles. The number of phenols is 1. The summed E-state index contributed by atoms with van der Waals surface area (Å²) in [5.74, 6) is -1.66. The lowest BCUT2D eigenvalue weighted by molar-refractivity contribution is -0.148. The summed E-state index contributed by atoms with van der Waals surface area (Å²) >= 11 is 0. The van der Waals surface area contributed by atoms with E-state index in [2.05, 4.69) is 0 Å². The molecule has 1 heterocycles. The predicted molar refractivity (Wildman–Crippen MR) is 66.5 cm³/mol. The molecule has 1 aliphatic heterocycles. The van der Waals surface area contributed by atoms with Crippen LogP contribution in [-0.4, -0.2) is 59.7 Å². The average molecular weight is 306 g/mol. The lowest BCUT2D eigenvalue weighted by atomic mass is 10.1. The fourth-order valence-corrected chi connectivity index (χ4v) is 2.22. The molecule has 0 saturated carbocycles. The van der Waals surface area contributed by atoms with Crippen molar-refractivity contribution in [3.05, 3.63) is 29.6 Å². The third kappa shape index (κ3) is 4.07. The molecule has 0 unspecified atom stereocenters. The van der Waals surface area contributed by atoms with E-state index < -0.39 is 30.2 Å². The van der Waals surface area contributed by atoms with Crippen molar-refractivity contribution >= 4 is 5.91 Å². The second kappa shape index (κ2) is 5.88. The van der Waals surface area contributed by atoms with Crippen molar-refractivity contribution in [3.8, 4) is 5.75 Å². The number of rotatable bonds is 2. The van der Waals surface area contributed by atoms with Crippen LogP contribution < -0.4 is 0 Å². The third-order valence-corrected chi connectivity index (χ3v) is 3.25. The number of nitrogens with zero attached hydrogens (tertiary/aromatic N) is 2. The van der Waals surface area contributed by atoms with E-state index in [0.29, 0.717) is 0 Å². The van der Waals surface area contributed by atoms with Gasteiger partial charge < -0.3 is 10.0 Å². The van der Waals surface area contributed by atoms with Gasteiger partial charge in [-0.3, -0.25) is 9.69 Å². The summed E-state index contributed by atoms with van der Waals surface area (Å²) < 4.78 is 49.6. The molecule has 0 aromatic heterocycles. The molecule has 1 amide bonds. The Bertz CT molecular complexity index is 525. The van der Waals surface area contributed by atoms with Gasteiger partial charge in [0.2, 0.25) is 0 Å². The lowest BCUT2D eigenvalue weighted by Gasteiger charge is -2.35. The van der Waals surface area contributed by atoms with Gasteiger partial charge in [0.1, 0.15) is 11.6 Å². The maximum atomic E-state index is 12.9. The van der Waals surface area contributed by atoms with Crippen molar-refractivity contribution in [1.82, 2.24) is 9.80 Å². The van der Waals surface area contributed by atoms with E-state index in [9.17, 15) is 27.5 Å². The highest BCUT2D eigenvalue weighted by atomic mass is 19.4. The summed E-state index contributed by atoms with van der Waals surface area (Å²) in [7, 11) is 0. The molecule has 4 nitrogen and oxygen atoms in total. The summed E-state index contributed by atoms with van der Waals surface area (Å²) in [6.45, 7) is -0.533. The van der Waals surface area contributed by atoms with E-state index in [0.717, 1.165) is 18.2 Å². The number of hydrogen-bond donors (Lipinski definition) is 1. The highest BCUT2D eigenvalue weighted by Gasteiger charge is 2.33. The molecular weight excluding hydrogens is 292 g/mol. The Morgan fingerprint density at radius 3 is 2.33 bits per heavy atom. The van der Waals surface area contributed by atoms with Crippen LogP contribution in [0.2, 0.25) is 0 Å². The molecule has 21 heavy (non-hydrogen) atoms. The highest BCUT2D eigenvalue weighted by molar-refractivity contribution is 5.96. The molecule has 116 valence electrons. The Morgan fingerprint density at radius 2 is 1.81 bits per heavy atom. The van der Waals surface area contributed by atoms with Crippen molar-refractivity contribution < 1.29 is 27.5 Å². The van der Waals surface area contributed by atoms with Gasteiger partial charge in [-0.1, -0.05) is 0 Å². The summed E-state index contributed by atoms with van der Waals surface area (Å²) in [5.41, 5.74) is -0.0549. The van der Waals surface area contributed by atoms with E-state index in [-0.39, 0.29) is 31.7 Å². The third-order valence-electron chi connectivity index (χ3n) is 3.25. The van der Waals surface area contributed by atoms with Gasteiger partial charge >= 0.3 is 6.18 Å². The van der Waals surface area contributed by atoms with Crippen LogP contribution in [0.5, 0.6) is 5.75 Å². The van der Waals surface area contributed by atoms with Gasteiger partial charge in [-0.25, -0.2) is 4.39 Å². The van der Waals surface area contributed by atoms with Crippen molar-refractivity contribution in [2.45, 2.75) is 6.18 Å². The van der Waals surface area contributed by atoms with E-state index in [1.54, 1.807) is 0 Å². The largest absolute Gasteiger partial charge is 0.507 e. The molecule has 2 rings (SSSR count). The topological polar surface area (TPSA) is 43.8 Å². The van der Waals surface area contributed by atoms with E-state index in [1.165, 1.54) is 9.80 Å². The summed E-state index contributed by atoms with van der Waals surface area (Å²) in [5, 5.41) is 9.55. The SMILES string of the molecule is O=C(c1ccc(F)cc1O)N1CCN(CC(F)(F)F)CC1. The standard InChI is InChI=1S/C13H14F4N2O2/c14-9-1-2-10(11(20)7-9)12(21)19-5-3-18(4-6-19)8-13(15,16)17/h1-2,7,20H,3-6,8H2. The van der Waals surface area contributed by atoms with Crippen molar-refractivity contribution in [3.63, 3.8) is 0 Å². The first-order chi connectivity index (χ1) is 9.76. The number of carbonyl (C=O) groups is 1. The quantitative estimate of drug-likeness (QED) is 0.848. The highest BCUT2D eigenvalue weighted by Crippen LogP contribution is 2.22. The Labute approximate surface area is 118 Å². The van der Waals surface area contributed by atoms with Crippen LogP contribution in [0, 0.1) is 5.82 Å². The Hall–Kier alpha value is -1.83. The number of halogens is 4. The second-order valence-electron chi connectivity index (χ2n) is 4.84. The monoisotopic (exact) mass is 306 g/mol. The molecule has 0 atom stereocenters. The normalized spacial score (nSPS) is 17.0. The van der Waals surface area contributed by atoms with Crippen molar-refractivity contribution in [2.75, 3.05) is 32.7 Å². The molecule has 8 heteroatoms. The van der Waals surface area contributed by atoms with Crippen LogP contribution in [0.15, 0.2) is 18.2 Å². The van der Waals surface area contributed by atoms with Gasteiger partial charge in [0.15, 0.2) is 0 Å². The Kier molecular flexibility index (Phi) is 4.36. The molecule has 1 aliphatic rings. The molecule has 0 spiro atoms. The van der Waals surface area contributed by atoms with Crippen LogP contribution in [0.3, 0.4) is 0 Å². The molecule has 0 bridgehead atoms. The second-order valence-corrected chi connectivity index (χ2v) is 4.84. The number of alkyl halides is 3. The number of piperazine rings is 1. The minimum atomic E-state index is -4.26. The van der Waals surface area contributed by atoms with Crippen LogP contribution in [0.1, 0.15) is 10.4 Å². The zero-order valence-electron chi connectivity index (χ0n) is 11.0. The number of benzene rings is 1. The lowest BCUT2D eigenvalue weighted by Crippen LogP contribution is -2.50. The Morgan fingerprint density at radius 1 is 1.19 bits per heavy atom. The zero-order valence-corrected chi connectivity index (χ0v) is 11.0. The number of amides is 1. The maximum absolute atomic E-state index is 12.9. The molecule has 0 radical (unpaired) electrons. The molecule has 1 fully saturated rings. The minimum absolute atomic E-state index is 0.0549. The predicted octanol–water partition coefficient (Wildman–Crippen LogP) is 1.85. The van der Waals surface area contributed by atoms with E-state index in [4.69, 9.17) is 0 Å². The van der Waals surface area contributed by atoms with Crippen molar-refractivity contribution in [1.29, 1.82) is 0 Å². The van der Waals surface area contributed by atoms with Gasteiger partial charge in [0, 0.05) is 32.2 Å². The molecule has 1 aromatic carbocycles.